The smallest absolute Gasteiger partial charge is 0.0666 e. The number of hydrogen-bond donors (Lipinski definition) is 0. The summed E-state index contributed by atoms with van der Waals surface area (Å²) in [6, 6.07) is 0. The zero-order valence-corrected chi connectivity index (χ0v) is 4.20. The Kier molecular flexibility index (Phi) is 1.24. The fourth-order valence-corrected chi connectivity index (χ4v) is 0.360. The third-order valence-electron chi connectivity index (χ3n) is 0.756. The highest BCUT2D eigenvalue weighted by molar-refractivity contribution is 5.15. The molecule has 0 aliphatic carbocycles. The second kappa shape index (κ2) is 1.90. The molecule has 1 rings (SSSR count). The van der Waals surface area contributed by atoms with Crippen molar-refractivity contribution < 1.29 is 0 Å². The van der Waals surface area contributed by atoms with Crippen LogP contribution in [-0.2, 0) is 0 Å². The summed E-state index contributed by atoms with van der Waals surface area (Å²) >= 11 is 0. The fraction of sp³-hybridized carbons (Fsp3) is 0. The van der Waals surface area contributed by atoms with E-state index in [0.717, 1.165) is 0 Å². The van der Waals surface area contributed by atoms with Gasteiger partial charge < -0.3 is 0 Å². The lowest BCUT2D eigenvalue weighted by atomic mass is 10.4. The largest absolute Gasteiger partial charge is 0.257 e. The molecule has 0 aliphatic rings. The predicted molar refractivity (Wildman–Crippen MR) is 28.8 cm³/mol. The second-order valence-corrected chi connectivity index (χ2v) is 1.33. The van der Waals surface area contributed by atoms with Crippen LogP contribution in [0.4, 0.5) is 0 Å². The molecule has 8 heavy (non-hydrogen) atoms. The second-order valence-electron chi connectivity index (χ2n) is 1.33. The molecule has 1 aromatic heterocycles. The molecule has 2 heteroatoms. The van der Waals surface area contributed by atoms with Gasteiger partial charge in [0.2, 0.25) is 0 Å². The van der Waals surface area contributed by atoms with E-state index in [-0.39, 0.29) is 11.4 Å². The Morgan fingerprint density at radius 3 is 1.62 bits per heavy atom. The lowest BCUT2D eigenvalue weighted by molar-refractivity contribution is 1.12. The van der Waals surface area contributed by atoms with Crippen molar-refractivity contribution in [2.45, 2.75) is 0 Å². The van der Waals surface area contributed by atoms with Gasteiger partial charge >= 0.3 is 0 Å². The van der Waals surface area contributed by atoms with Crippen LogP contribution in [0.15, 0.2) is 12.4 Å². The van der Waals surface area contributed by atoms with Crippen LogP contribution >= 0.6 is 0 Å². The van der Waals surface area contributed by atoms with Gasteiger partial charge in [-0.25, -0.2) is 0 Å². The predicted octanol–water partition coefficient (Wildman–Crippen LogP) is 0.595. The first-order valence-electron chi connectivity index (χ1n) is 2.12. The molecule has 0 atom stereocenters. The molecule has 0 amide bonds. The van der Waals surface area contributed by atoms with Crippen molar-refractivity contribution in [1.82, 2.24) is 9.97 Å². The highest BCUT2D eigenvalue weighted by Crippen LogP contribution is 1.93. The van der Waals surface area contributed by atoms with Gasteiger partial charge in [-0.3, -0.25) is 9.97 Å². The summed E-state index contributed by atoms with van der Waals surface area (Å²) in [5.74, 6) is 0. The van der Waals surface area contributed by atoms with Gasteiger partial charge in [-0.1, -0.05) is 0 Å². The normalized spacial score (nSPS) is 9.25. The van der Waals surface area contributed by atoms with E-state index in [0.29, 0.717) is 0 Å². The lowest BCUT2D eigenvalue weighted by Gasteiger charge is -1.90. The lowest BCUT2D eigenvalue weighted by Crippen LogP contribution is -1.87. The Bertz CT molecular complexity index is 163. The Balaban J connectivity index is 3.13. The standard InChI is InChI=1S/C6H4N2/c1-5-6(2)8-4-3-7-5/h1-4H. The van der Waals surface area contributed by atoms with E-state index in [1.165, 1.54) is 12.4 Å². The van der Waals surface area contributed by atoms with Gasteiger partial charge in [-0.05, 0) is 0 Å². The maximum Gasteiger partial charge on any atom is 0.0666 e. The minimum Gasteiger partial charge on any atom is -0.257 e. The van der Waals surface area contributed by atoms with Crippen LogP contribution in [0.25, 0.3) is 0 Å². The average molecular weight is 104 g/mol. The molecule has 0 unspecified atom stereocenters. The van der Waals surface area contributed by atoms with E-state index in [1.807, 2.05) is 0 Å². The van der Waals surface area contributed by atoms with Crippen LogP contribution in [0.5, 0.6) is 0 Å². The maximum absolute atomic E-state index is 5.22. The summed E-state index contributed by atoms with van der Waals surface area (Å²) in [7, 11) is 0. The summed E-state index contributed by atoms with van der Waals surface area (Å²) in [4.78, 5) is 7.34. The van der Waals surface area contributed by atoms with Gasteiger partial charge in [0.05, 0.1) is 11.4 Å². The van der Waals surface area contributed by atoms with Crippen molar-refractivity contribution in [3.05, 3.63) is 37.6 Å². The van der Waals surface area contributed by atoms with E-state index in [4.69, 9.17) is 13.8 Å². The van der Waals surface area contributed by atoms with E-state index >= 15 is 0 Å². The molecule has 0 N–H and O–H groups in total. The molecule has 2 nitrogen and oxygen atoms in total. The molecule has 0 fully saturated rings. The first-order valence-corrected chi connectivity index (χ1v) is 2.12. The molecule has 4 radical (unpaired) electrons. The molecular formula is C6H4N2. The Labute approximate surface area is 48.6 Å². The van der Waals surface area contributed by atoms with Gasteiger partial charge in [0.15, 0.2) is 0 Å². The molecule has 0 bridgehead atoms. The Morgan fingerprint density at radius 1 is 1.00 bits per heavy atom. The average Bonchev–Trinajstić information content (AvgIpc) is 1.77. The summed E-state index contributed by atoms with van der Waals surface area (Å²) in [5, 5.41) is 0. The first kappa shape index (κ1) is 5.22. The van der Waals surface area contributed by atoms with Gasteiger partial charge in [0.1, 0.15) is 0 Å². The Hall–Kier alpha value is -0.920. The molecular weight excluding hydrogens is 100 g/mol. The topological polar surface area (TPSA) is 25.8 Å². The Morgan fingerprint density at radius 2 is 1.38 bits per heavy atom. The summed E-state index contributed by atoms with van der Waals surface area (Å²) in [6.45, 7) is 10.4. The van der Waals surface area contributed by atoms with Gasteiger partial charge in [-0.15, -0.1) is 0 Å². The molecule has 0 saturated heterocycles. The number of nitrogens with zero attached hydrogens (tertiary/aromatic N) is 2. The molecule has 1 aromatic rings. The van der Waals surface area contributed by atoms with E-state index in [9.17, 15) is 0 Å². The van der Waals surface area contributed by atoms with E-state index in [1.54, 1.807) is 0 Å². The highest BCUT2D eigenvalue weighted by Gasteiger charge is 1.88. The van der Waals surface area contributed by atoms with Crippen LogP contribution in [-0.4, -0.2) is 9.97 Å². The van der Waals surface area contributed by atoms with Gasteiger partial charge in [0.25, 0.3) is 0 Å². The first-order chi connectivity index (χ1) is 3.80. The number of aromatic nitrogens is 2. The molecule has 1 heterocycles. The van der Waals surface area contributed by atoms with Crippen molar-refractivity contribution in [3.63, 3.8) is 0 Å². The zero-order chi connectivity index (χ0) is 5.98. The minimum atomic E-state index is 0.285. The highest BCUT2D eigenvalue weighted by atomic mass is 14.8. The minimum absolute atomic E-state index is 0.285. The zero-order valence-electron chi connectivity index (χ0n) is 4.20. The van der Waals surface area contributed by atoms with Crippen LogP contribution in [0.1, 0.15) is 11.4 Å². The van der Waals surface area contributed by atoms with Crippen LogP contribution in [0, 0.1) is 13.8 Å². The molecule has 0 aromatic carbocycles. The number of hydrogen-bond acceptors (Lipinski definition) is 2. The maximum atomic E-state index is 5.22. The molecule has 38 valence electrons. The van der Waals surface area contributed by atoms with Crippen LogP contribution in [0.2, 0.25) is 0 Å². The summed E-state index contributed by atoms with van der Waals surface area (Å²) < 4.78 is 0. The van der Waals surface area contributed by atoms with E-state index < -0.39 is 0 Å². The fourth-order valence-electron chi connectivity index (χ4n) is 0.360. The molecule has 0 saturated carbocycles. The quantitative estimate of drug-likeness (QED) is 0.481. The van der Waals surface area contributed by atoms with Crippen LogP contribution in [0.3, 0.4) is 0 Å². The summed E-state index contributed by atoms with van der Waals surface area (Å²) in [5.41, 5.74) is 0.569. The van der Waals surface area contributed by atoms with Crippen molar-refractivity contribution >= 4 is 0 Å². The SMILES string of the molecule is [CH]c1nccnc1[CH]. The molecule has 0 spiro atoms. The third kappa shape index (κ3) is 0.832. The van der Waals surface area contributed by atoms with E-state index in [2.05, 4.69) is 9.97 Å². The summed E-state index contributed by atoms with van der Waals surface area (Å²) in [6.07, 6.45) is 2.98. The van der Waals surface area contributed by atoms with Crippen molar-refractivity contribution in [3.8, 4) is 0 Å². The van der Waals surface area contributed by atoms with Gasteiger partial charge in [0, 0.05) is 26.2 Å². The van der Waals surface area contributed by atoms with Crippen molar-refractivity contribution in [2.24, 2.45) is 0 Å². The molecule has 0 aliphatic heterocycles. The van der Waals surface area contributed by atoms with Crippen molar-refractivity contribution in [1.29, 1.82) is 0 Å². The van der Waals surface area contributed by atoms with Gasteiger partial charge in [-0.2, -0.15) is 0 Å². The number of rotatable bonds is 0. The van der Waals surface area contributed by atoms with Crippen molar-refractivity contribution in [2.75, 3.05) is 0 Å². The van der Waals surface area contributed by atoms with Crippen LogP contribution < -0.4 is 0 Å². The third-order valence-corrected chi connectivity index (χ3v) is 0.756. The monoisotopic (exact) mass is 104 g/mol.